The summed E-state index contributed by atoms with van der Waals surface area (Å²) < 4.78 is 38.3. The summed E-state index contributed by atoms with van der Waals surface area (Å²) in [4.78, 5) is 14.4. The topological polar surface area (TPSA) is 117 Å². The first kappa shape index (κ1) is 24.6. The molecule has 0 spiro atoms. The van der Waals surface area contributed by atoms with Crippen molar-refractivity contribution in [1.29, 1.82) is 0 Å². The van der Waals surface area contributed by atoms with Crippen molar-refractivity contribution >= 4 is 27.4 Å². The Kier molecular flexibility index (Phi) is 7.06. The summed E-state index contributed by atoms with van der Waals surface area (Å²) in [5.41, 5.74) is 0.855. The molecule has 0 fully saturated rings. The first-order chi connectivity index (χ1) is 15.4. The zero-order valence-corrected chi connectivity index (χ0v) is 20.3. The van der Waals surface area contributed by atoms with Gasteiger partial charge in [0.25, 0.3) is 10.0 Å². The fraction of sp³-hybridized carbons (Fsp3) is 0.318. The minimum absolute atomic E-state index is 0.0134. The molecule has 1 aromatic heterocycles. The molecule has 3 rings (SSSR count). The summed E-state index contributed by atoms with van der Waals surface area (Å²) in [6.45, 7) is 10.9. The van der Waals surface area contributed by atoms with Crippen LogP contribution in [0.3, 0.4) is 0 Å². The van der Waals surface area contributed by atoms with Crippen LogP contribution in [0.25, 0.3) is 0 Å². The Bertz CT molecular complexity index is 1170. The van der Waals surface area contributed by atoms with Gasteiger partial charge >= 0.3 is 6.03 Å². The van der Waals surface area contributed by atoms with Crippen molar-refractivity contribution in [2.24, 2.45) is 0 Å². The molecule has 0 atom stereocenters. The number of carbonyl (C=O) groups excluding carboxylic acids is 1. The lowest BCUT2D eigenvalue weighted by Gasteiger charge is -2.21. The van der Waals surface area contributed by atoms with Gasteiger partial charge in [-0.15, -0.1) is 11.3 Å². The standard InChI is InChI=1S/C22H27N3O6S2/c1-6-25(5)10-9-14(2)16-7-8-17-20(31-13-30-17)19(16)23-21(26)24-33(28,29)18-11-15(12-32-18)22(3,4)27/h6,9-12,27H,1-2,7-8,13H2,3-5H3,(H2,23,24,26)/b10-9-. The van der Waals surface area contributed by atoms with E-state index in [-0.39, 0.29) is 11.0 Å². The van der Waals surface area contributed by atoms with Crippen LogP contribution in [0.4, 0.5) is 4.79 Å². The molecule has 1 aliphatic heterocycles. The number of sulfonamides is 1. The molecular weight excluding hydrogens is 466 g/mol. The highest BCUT2D eigenvalue weighted by Gasteiger charge is 2.31. The van der Waals surface area contributed by atoms with Gasteiger partial charge in [-0.3, -0.25) is 0 Å². The fourth-order valence-corrected chi connectivity index (χ4v) is 5.36. The number of urea groups is 1. The largest absolute Gasteiger partial charge is 0.458 e. The fourth-order valence-electron chi connectivity index (χ4n) is 3.12. The summed E-state index contributed by atoms with van der Waals surface area (Å²) >= 11 is 0.911. The van der Waals surface area contributed by atoms with E-state index in [1.807, 2.05) is 11.8 Å². The molecule has 11 heteroatoms. The van der Waals surface area contributed by atoms with Gasteiger partial charge in [0, 0.05) is 19.7 Å². The number of ether oxygens (including phenoxy) is 2. The molecule has 2 amide bonds. The van der Waals surface area contributed by atoms with Gasteiger partial charge in [-0.2, -0.15) is 0 Å². The van der Waals surface area contributed by atoms with Gasteiger partial charge < -0.3 is 24.8 Å². The minimum Gasteiger partial charge on any atom is -0.458 e. The summed E-state index contributed by atoms with van der Waals surface area (Å²) in [5.74, 6) is 0.945. The number of hydrogen-bond donors (Lipinski definition) is 3. The molecule has 0 unspecified atom stereocenters. The first-order valence-corrected chi connectivity index (χ1v) is 12.4. The van der Waals surface area contributed by atoms with Crippen molar-refractivity contribution in [1.82, 2.24) is 14.9 Å². The SMILES string of the molecule is C=CN(C)/C=C\C(=C)C1=C(NC(=O)NS(=O)(=O)c2cc(C(C)(C)O)cs2)C2=C(CC1)OCO2. The zero-order chi connectivity index (χ0) is 24.4. The third-order valence-corrected chi connectivity index (χ3v) is 7.79. The van der Waals surface area contributed by atoms with E-state index in [1.54, 1.807) is 37.2 Å². The summed E-state index contributed by atoms with van der Waals surface area (Å²) in [6, 6.07) is 0.382. The number of aliphatic hydroxyl groups is 1. The van der Waals surface area contributed by atoms with Gasteiger partial charge in [0.2, 0.25) is 6.79 Å². The Morgan fingerprint density at radius 2 is 2.06 bits per heavy atom. The lowest BCUT2D eigenvalue weighted by Crippen LogP contribution is -2.40. The number of amides is 2. The van der Waals surface area contributed by atoms with Crippen LogP contribution in [-0.2, 0) is 25.1 Å². The van der Waals surface area contributed by atoms with Crippen molar-refractivity contribution in [3.63, 3.8) is 0 Å². The Morgan fingerprint density at radius 1 is 1.33 bits per heavy atom. The third-order valence-electron chi connectivity index (χ3n) is 5.02. The molecule has 2 aliphatic rings. The molecule has 33 heavy (non-hydrogen) atoms. The van der Waals surface area contributed by atoms with E-state index in [0.717, 1.165) is 11.3 Å². The van der Waals surface area contributed by atoms with E-state index in [9.17, 15) is 18.3 Å². The quantitative estimate of drug-likeness (QED) is 0.475. The molecule has 9 nitrogen and oxygen atoms in total. The smallest absolute Gasteiger partial charge is 0.333 e. The molecule has 0 aromatic carbocycles. The number of nitrogens with zero attached hydrogens (tertiary/aromatic N) is 1. The van der Waals surface area contributed by atoms with Crippen molar-refractivity contribution < 1.29 is 27.8 Å². The van der Waals surface area contributed by atoms with Gasteiger partial charge in [0.1, 0.15) is 9.97 Å². The van der Waals surface area contributed by atoms with E-state index in [2.05, 4.69) is 18.5 Å². The van der Waals surface area contributed by atoms with Crippen LogP contribution in [0.1, 0.15) is 32.3 Å². The second-order valence-corrected chi connectivity index (χ2v) is 10.8. The van der Waals surface area contributed by atoms with E-state index in [4.69, 9.17) is 9.47 Å². The van der Waals surface area contributed by atoms with Gasteiger partial charge in [-0.1, -0.05) is 13.2 Å². The summed E-state index contributed by atoms with van der Waals surface area (Å²) in [5, 5.41) is 14.2. The maximum absolute atomic E-state index is 12.7. The van der Waals surface area contributed by atoms with Crippen LogP contribution >= 0.6 is 11.3 Å². The van der Waals surface area contributed by atoms with Crippen molar-refractivity contribution in [3.8, 4) is 0 Å². The monoisotopic (exact) mass is 493 g/mol. The van der Waals surface area contributed by atoms with Gasteiger partial charge in [0.05, 0.1) is 11.3 Å². The van der Waals surface area contributed by atoms with Gasteiger partial charge in [-0.05, 0) is 60.7 Å². The highest BCUT2D eigenvalue weighted by Crippen LogP contribution is 2.37. The Hall–Kier alpha value is -3.02. The number of carbonyl (C=O) groups is 1. The zero-order valence-electron chi connectivity index (χ0n) is 18.7. The summed E-state index contributed by atoms with van der Waals surface area (Å²) in [6.07, 6.45) is 6.23. The maximum atomic E-state index is 12.7. The molecule has 0 bridgehead atoms. The Labute approximate surface area is 197 Å². The van der Waals surface area contributed by atoms with E-state index in [0.29, 0.717) is 46.8 Å². The molecular formula is C22H27N3O6S2. The third kappa shape index (κ3) is 5.67. The van der Waals surface area contributed by atoms with Crippen molar-refractivity contribution in [2.45, 2.75) is 36.5 Å². The minimum atomic E-state index is -4.15. The maximum Gasteiger partial charge on any atom is 0.333 e. The molecule has 1 aliphatic carbocycles. The average molecular weight is 494 g/mol. The second-order valence-electron chi connectivity index (χ2n) is 7.97. The van der Waals surface area contributed by atoms with Crippen LogP contribution in [0.5, 0.6) is 0 Å². The molecule has 0 saturated carbocycles. The van der Waals surface area contributed by atoms with Crippen LogP contribution < -0.4 is 10.0 Å². The number of thiophene rings is 1. The van der Waals surface area contributed by atoms with E-state index >= 15 is 0 Å². The predicted molar refractivity (Wildman–Crippen MR) is 125 cm³/mol. The lowest BCUT2D eigenvalue weighted by atomic mass is 9.93. The molecule has 2 heterocycles. The van der Waals surface area contributed by atoms with E-state index < -0.39 is 21.7 Å². The molecule has 1 aromatic rings. The normalized spacial score (nSPS) is 16.2. The van der Waals surface area contributed by atoms with Crippen LogP contribution in [0.15, 0.2) is 75.7 Å². The summed E-state index contributed by atoms with van der Waals surface area (Å²) in [7, 11) is -2.34. The van der Waals surface area contributed by atoms with Gasteiger partial charge in [0.15, 0.2) is 5.76 Å². The van der Waals surface area contributed by atoms with Crippen LogP contribution in [0.2, 0.25) is 0 Å². The number of allylic oxidation sites excluding steroid dienone is 4. The molecule has 3 N–H and O–H groups in total. The molecule has 178 valence electrons. The molecule has 0 radical (unpaired) electrons. The van der Waals surface area contributed by atoms with Gasteiger partial charge in [-0.25, -0.2) is 17.9 Å². The highest BCUT2D eigenvalue weighted by atomic mass is 32.2. The van der Waals surface area contributed by atoms with Crippen molar-refractivity contribution in [3.05, 3.63) is 77.0 Å². The Balaban J connectivity index is 1.84. The second kappa shape index (κ2) is 9.46. The van der Waals surface area contributed by atoms with E-state index in [1.165, 1.54) is 11.4 Å². The number of rotatable bonds is 8. The first-order valence-electron chi connectivity index (χ1n) is 10.0. The van der Waals surface area contributed by atoms with Crippen molar-refractivity contribution in [2.75, 3.05) is 13.8 Å². The average Bonchev–Trinajstić information content (AvgIpc) is 3.41. The number of hydrogen-bond acceptors (Lipinski definition) is 8. The molecule has 0 saturated heterocycles. The Morgan fingerprint density at radius 3 is 2.70 bits per heavy atom. The lowest BCUT2D eigenvalue weighted by molar-refractivity contribution is 0.0715. The van der Waals surface area contributed by atoms with Crippen LogP contribution in [-0.4, -0.2) is 38.3 Å². The van der Waals surface area contributed by atoms with Crippen LogP contribution in [0, 0.1) is 0 Å². The highest BCUT2D eigenvalue weighted by molar-refractivity contribution is 7.92. The number of nitrogens with one attached hydrogen (secondary N) is 2. The predicted octanol–water partition coefficient (Wildman–Crippen LogP) is 3.37.